The van der Waals surface area contributed by atoms with Gasteiger partial charge in [-0.15, -0.1) is 0 Å². The molecule has 4 heteroatoms. The quantitative estimate of drug-likeness (QED) is 0.776. The number of rotatable bonds is 2. The minimum absolute atomic E-state index is 0.00565. The number of aryl methyl sites for hydroxylation is 2. The summed E-state index contributed by atoms with van der Waals surface area (Å²) in [4.78, 5) is 16.9. The van der Waals surface area contributed by atoms with Crippen LogP contribution in [0, 0.1) is 13.8 Å². The molecule has 2 heterocycles. The van der Waals surface area contributed by atoms with E-state index < -0.39 is 0 Å². The van der Waals surface area contributed by atoms with E-state index in [1.807, 2.05) is 32.0 Å². The molecule has 0 saturated carbocycles. The Morgan fingerprint density at radius 3 is 2.75 bits per heavy atom. The van der Waals surface area contributed by atoms with Crippen LogP contribution in [0.1, 0.15) is 23.7 Å². The van der Waals surface area contributed by atoms with Crippen LogP contribution in [0.5, 0.6) is 0 Å². The molecule has 0 atom stereocenters. The molecule has 4 nitrogen and oxygen atoms in total. The maximum atomic E-state index is 12.4. The second kappa shape index (κ2) is 4.63. The lowest BCUT2D eigenvalue weighted by molar-refractivity contribution is 0.856. The molecule has 0 fully saturated rings. The first-order chi connectivity index (χ1) is 9.60. The number of aromatic amines is 1. The Morgan fingerprint density at radius 1 is 1.25 bits per heavy atom. The highest BCUT2D eigenvalue weighted by Crippen LogP contribution is 2.19. The van der Waals surface area contributed by atoms with Gasteiger partial charge in [0.25, 0.3) is 5.56 Å². The Hall–Kier alpha value is -2.36. The number of aromatic nitrogens is 3. The van der Waals surface area contributed by atoms with Gasteiger partial charge in [-0.25, -0.2) is 9.50 Å². The zero-order valence-electron chi connectivity index (χ0n) is 11.9. The van der Waals surface area contributed by atoms with Gasteiger partial charge in [0.1, 0.15) is 0 Å². The van der Waals surface area contributed by atoms with Gasteiger partial charge in [-0.05, 0) is 31.9 Å². The molecule has 0 radical (unpaired) electrons. The first-order valence-corrected chi connectivity index (χ1v) is 6.78. The Morgan fingerprint density at radius 2 is 2.05 bits per heavy atom. The van der Waals surface area contributed by atoms with Crippen molar-refractivity contribution in [3.05, 3.63) is 57.5 Å². The predicted octanol–water partition coefficient (Wildman–Crippen LogP) is 2.87. The highest BCUT2D eigenvalue weighted by atomic mass is 16.1. The molecule has 0 bridgehead atoms. The van der Waals surface area contributed by atoms with E-state index in [2.05, 4.69) is 29.1 Å². The summed E-state index contributed by atoms with van der Waals surface area (Å²) in [6.07, 6.45) is 0.694. The molecule has 0 unspecified atom stereocenters. The Balaban J connectivity index is 2.26. The van der Waals surface area contributed by atoms with Crippen LogP contribution in [0.25, 0.3) is 16.9 Å². The molecule has 20 heavy (non-hydrogen) atoms. The molecular weight excluding hydrogens is 250 g/mol. The third kappa shape index (κ3) is 1.93. The highest BCUT2D eigenvalue weighted by molar-refractivity contribution is 5.64. The zero-order valence-corrected chi connectivity index (χ0v) is 11.9. The number of nitrogens with zero attached hydrogens (tertiary/aromatic N) is 2. The van der Waals surface area contributed by atoms with Gasteiger partial charge in [0.15, 0.2) is 5.65 Å². The number of hydrogen-bond acceptors (Lipinski definition) is 2. The number of fused-ring (bicyclic) bond motifs is 1. The molecule has 0 aliphatic carbocycles. The lowest BCUT2D eigenvalue weighted by Crippen LogP contribution is -2.21. The van der Waals surface area contributed by atoms with E-state index in [0.29, 0.717) is 12.1 Å². The van der Waals surface area contributed by atoms with Crippen LogP contribution in [-0.2, 0) is 6.42 Å². The molecule has 1 N–H and O–H groups in total. The minimum atomic E-state index is -0.00565. The summed E-state index contributed by atoms with van der Waals surface area (Å²) in [5.41, 5.74) is 5.39. The smallest absolute Gasteiger partial charge is 0.276 e. The van der Waals surface area contributed by atoms with Crippen LogP contribution in [0.15, 0.2) is 35.1 Å². The summed E-state index contributed by atoms with van der Waals surface area (Å²) in [7, 11) is 0. The van der Waals surface area contributed by atoms with Crippen molar-refractivity contribution in [2.24, 2.45) is 0 Å². The molecule has 0 aliphatic heterocycles. The summed E-state index contributed by atoms with van der Waals surface area (Å²) in [6.45, 7) is 5.91. The molecule has 0 amide bonds. The van der Waals surface area contributed by atoms with Gasteiger partial charge in [0.2, 0.25) is 0 Å². The summed E-state index contributed by atoms with van der Waals surface area (Å²) in [5, 5.41) is 3.15. The van der Waals surface area contributed by atoms with Crippen molar-refractivity contribution in [3.8, 4) is 11.3 Å². The summed E-state index contributed by atoms with van der Waals surface area (Å²) in [5.74, 6) is 0. The van der Waals surface area contributed by atoms with E-state index in [1.165, 1.54) is 10.1 Å². The summed E-state index contributed by atoms with van der Waals surface area (Å²) in [6, 6.07) is 10.1. The standard InChI is InChI=1S/C16H17N3O/c1-4-13-11(3)17-15-9-14(18-19(15)16(13)20)12-7-5-6-10(2)8-12/h5-9,18H,4H2,1-3H3. The van der Waals surface area contributed by atoms with Crippen molar-refractivity contribution in [2.75, 3.05) is 0 Å². The molecule has 3 rings (SSSR count). The lowest BCUT2D eigenvalue weighted by Gasteiger charge is -2.01. The van der Waals surface area contributed by atoms with E-state index in [9.17, 15) is 4.79 Å². The summed E-state index contributed by atoms with van der Waals surface area (Å²) >= 11 is 0. The van der Waals surface area contributed by atoms with Gasteiger partial charge in [0, 0.05) is 17.3 Å². The molecule has 3 aromatic rings. The zero-order chi connectivity index (χ0) is 14.3. The number of nitrogens with one attached hydrogen (secondary N) is 1. The topological polar surface area (TPSA) is 50.2 Å². The van der Waals surface area contributed by atoms with Crippen LogP contribution < -0.4 is 5.56 Å². The second-order valence-corrected chi connectivity index (χ2v) is 5.07. The molecule has 0 saturated heterocycles. The van der Waals surface area contributed by atoms with Crippen LogP contribution in [0.3, 0.4) is 0 Å². The van der Waals surface area contributed by atoms with E-state index in [0.717, 1.165) is 22.5 Å². The third-order valence-corrected chi connectivity index (χ3v) is 3.60. The number of H-pyrrole nitrogens is 1. The van der Waals surface area contributed by atoms with Crippen molar-refractivity contribution >= 4 is 5.65 Å². The predicted molar refractivity (Wildman–Crippen MR) is 80.1 cm³/mol. The van der Waals surface area contributed by atoms with E-state index in [-0.39, 0.29) is 5.56 Å². The molecule has 102 valence electrons. The Labute approximate surface area is 117 Å². The third-order valence-electron chi connectivity index (χ3n) is 3.60. The van der Waals surface area contributed by atoms with Crippen LogP contribution in [-0.4, -0.2) is 14.6 Å². The van der Waals surface area contributed by atoms with Gasteiger partial charge < -0.3 is 0 Å². The monoisotopic (exact) mass is 267 g/mol. The maximum absolute atomic E-state index is 12.4. The summed E-state index contributed by atoms with van der Waals surface area (Å²) < 4.78 is 1.53. The van der Waals surface area contributed by atoms with Crippen molar-refractivity contribution in [3.63, 3.8) is 0 Å². The van der Waals surface area contributed by atoms with Crippen molar-refractivity contribution in [1.82, 2.24) is 14.6 Å². The van der Waals surface area contributed by atoms with E-state index in [1.54, 1.807) is 0 Å². The van der Waals surface area contributed by atoms with Crippen molar-refractivity contribution in [1.29, 1.82) is 0 Å². The first-order valence-electron chi connectivity index (χ1n) is 6.78. The molecule has 0 aliphatic rings. The lowest BCUT2D eigenvalue weighted by atomic mass is 10.1. The Kier molecular flexibility index (Phi) is 2.93. The largest absolute Gasteiger partial charge is 0.289 e. The van der Waals surface area contributed by atoms with Gasteiger partial charge in [-0.3, -0.25) is 9.89 Å². The SMILES string of the molecule is CCc1c(C)nc2cc(-c3cccc(C)c3)[nH]n2c1=O. The number of hydrogen-bond donors (Lipinski definition) is 1. The van der Waals surface area contributed by atoms with Crippen molar-refractivity contribution in [2.45, 2.75) is 27.2 Å². The average Bonchev–Trinajstić information content (AvgIpc) is 2.83. The fourth-order valence-corrected chi connectivity index (χ4v) is 2.54. The fourth-order valence-electron chi connectivity index (χ4n) is 2.54. The number of benzene rings is 1. The van der Waals surface area contributed by atoms with Gasteiger partial charge in [-0.2, -0.15) is 0 Å². The highest BCUT2D eigenvalue weighted by Gasteiger charge is 2.11. The average molecular weight is 267 g/mol. The Bertz CT molecular complexity index is 843. The van der Waals surface area contributed by atoms with Crippen LogP contribution in [0.4, 0.5) is 0 Å². The molecule has 2 aromatic heterocycles. The van der Waals surface area contributed by atoms with E-state index >= 15 is 0 Å². The first kappa shape index (κ1) is 12.7. The normalized spacial score (nSPS) is 11.2. The fraction of sp³-hybridized carbons (Fsp3) is 0.250. The van der Waals surface area contributed by atoms with Gasteiger partial charge in [-0.1, -0.05) is 30.7 Å². The second-order valence-electron chi connectivity index (χ2n) is 5.07. The minimum Gasteiger partial charge on any atom is -0.289 e. The molecular formula is C16H17N3O. The molecule has 1 aromatic carbocycles. The maximum Gasteiger partial charge on any atom is 0.276 e. The van der Waals surface area contributed by atoms with Crippen LogP contribution >= 0.6 is 0 Å². The van der Waals surface area contributed by atoms with Gasteiger partial charge >= 0.3 is 0 Å². The van der Waals surface area contributed by atoms with Crippen LogP contribution in [0.2, 0.25) is 0 Å². The molecule has 0 spiro atoms. The van der Waals surface area contributed by atoms with E-state index in [4.69, 9.17) is 0 Å². The van der Waals surface area contributed by atoms with Gasteiger partial charge in [0.05, 0.1) is 5.69 Å². The van der Waals surface area contributed by atoms with Crippen molar-refractivity contribution < 1.29 is 0 Å².